The molecule has 2 aromatic carbocycles. The van der Waals surface area contributed by atoms with Gasteiger partial charge in [-0.2, -0.15) is 0 Å². The van der Waals surface area contributed by atoms with Crippen LogP contribution < -0.4 is 43.4 Å². The Morgan fingerprint density at radius 2 is 0.964 bits per heavy atom. The quantitative estimate of drug-likeness (QED) is 0.0206. The van der Waals surface area contributed by atoms with Crippen LogP contribution in [0.4, 0.5) is 0 Å². The largest absolute Gasteiger partial charge is 0.441 e. The van der Waals surface area contributed by atoms with Crippen LogP contribution in [-0.4, -0.2) is 68.8 Å². The zero-order valence-corrected chi connectivity index (χ0v) is 31.6. The molecular formula is C38H57BN10O6. The first-order chi connectivity index (χ1) is 26.5. The molecule has 2 unspecified atom stereocenters. The Morgan fingerprint density at radius 1 is 0.600 bits per heavy atom. The van der Waals surface area contributed by atoms with E-state index in [0.717, 1.165) is 36.8 Å². The Morgan fingerprint density at radius 3 is 1.31 bits per heavy atom. The van der Waals surface area contributed by atoms with E-state index in [4.69, 9.17) is 31.6 Å². The Labute approximate surface area is 323 Å². The van der Waals surface area contributed by atoms with E-state index in [1.54, 1.807) is 0 Å². The molecule has 0 spiro atoms. The number of hydrogen-bond acceptors (Lipinski definition) is 8. The molecule has 0 bridgehead atoms. The highest BCUT2D eigenvalue weighted by molar-refractivity contribution is 6.18. The second-order valence-electron chi connectivity index (χ2n) is 14.3. The Bertz CT molecular complexity index is 1460. The van der Waals surface area contributed by atoms with E-state index in [1.165, 1.54) is 0 Å². The van der Waals surface area contributed by atoms with E-state index < -0.39 is 35.1 Å². The van der Waals surface area contributed by atoms with Gasteiger partial charge in [-0.25, -0.2) is 0 Å². The second kappa shape index (κ2) is 21.7. The molecule has 2 fully saturated rings. The maximum Gasteiger partial charge on any atom is 0.441 e. The standard InChI is InChI=1S/C38H57BN10O6/c40-35(41)44-23-11-17-29(48-33(52)37(19-7-8-20-37)31(50)46-25-27-13-3-1-4-14-27)54-39-55-30(18-12-24-45-36(42)43)49-34(53)38(21-9-10-22-38)32(51)47-26-28-15-5-2-6-16-28/h1-6,13-16,29-30,39H,7-12,17-26H2,(H,46,50)(H,47,51)(H,48,52)(H,49,53)(H4,40,41,44)(H4,42,43,45). The third-order valence-corrected chi connectivity index (χ3v) is 10.3. The van der Waals surface area contributed by atoms with Gasteiger partial charge in [-0.1, -0.05) is 86.3 Å². The fourth-order valence-electron chi connectivity index (χ4n) is 7.15. The summed E-state index contributed by atoms with van der Waals surface area (Å²) in [6.45, 7) is 1.30. The molecule has 0 aromatic heterocycles. The summed E-state index contributed by atoms with van der Waals surface area (Å²) in [4.78, 5) is 55.1. The lowest BCUT2D eigenvalue weighted by molar-refractivity contribution is -0.146. The summed E-state index contributed by atoms with van der Waals surface area (Å²) in [6.07, 6.45) is 4.33. The van der Waals surface area contributed by atoms with Crippen molar-refractivity contribution in [2.45, 2.75) is 103 Å². The lowest BCUT2D eigenvalue weighted by Gasteiger charge is -2.31. The van der Waals surface area contributed by atoms with E-state index in [0.29, 0.717) is 77.5 Å². The topological polar surface area (TPSA) is 259 Å². The van der Waals surface area contributed by atoms with Gasteiger partial charge >= 0.3 is 7.69 Å². The third kappa shape index (κ3) is 13.0. The fourth-order valence-corrected chi connectivity index (χ4v) is 7.15. The maximum absolute atomic E-state index is 13.9. The summed E-state index contributed by atoms with van der Waals surface area (Å²) in [6, 6.07) is 19.0. The number of nitrogens with one attached hydrogen (secondary N) is 8. The zero-order chi connectivity index (χ0) is 39.5. The highest BCUT2D eigenvalue weighted by atomic mass is 16.6. The minimum absolute atomic E-state index is 0.184. The lowest BCUT2D eigenvalue weighted by atomic mass is 9.83. The Kier molecular flexibility index (Phi) is 16.8. The average Bonchev–Trinajstić information content (AvgIpc) is 3.89. The molecule has 17 heteroatoms. The van der Waals surface area contributed by atoms with Gasteiger partial charge in [-0.15, -0.1) is 0 Å². The molecule has 2 atom stereocenters. The first kappa shape index (κ1) is 42.6. The molecule has 0 saturated heterocycles. The second-order valence-corrected chi connectivity index (χ2v) is 14.3. The van der Waals surface area contributed by atoms with Gasteiger partial charge in [0.2, 0.25) is 23.6 Å². The minimum atomic E-state index is -1.26. The van der Waals surface area contributed by atoms with Crippen LogP contribution in [0.25, 0.3) is 0 Å². The van der Waals surface area contributed by atoms with Gasteiger partial charge in [0.05, 0.1) is 0 Å². The average molecular weight is 761 g/mol. The fraction of sp³-hybridized carbons (Fsp3) is 0.526. The van der Waals surface area contributed by atoms with Gasteiger partial charge in [0, 0.05) is 26.2 Å². The van der Waals surface area contributed by atoms with Gasteiger partial charge in [0.1, 0.15) is 23.3 Å². The van der Waals surface area contributed by atoms with Crippen molar-refractivity contribution < 1.29 is 28.5 Å². The number of hydrogen-bond donors (Lipinski definition) is 10. The van der Waals surface area contributed by atoms with Crippen molar-refractivity contribution in [3.63, 3.8) is 0 Å². The molecule has 4 amide bonds. The molecule has 12 N–H and O–H groups in total. The lowest BCUT2D eigenvalue weighted by Crippen LogP contribution is -2.54. The number of guanidine groups is 2. The molecule has 2 aliphatic rings. The third-order valence-electron chi connectivity index (χ3n) is 10.3. The molecule has 16 nitrogen and oxygen atoms in total. The van der Waals surface area contributed by atoms with E-state index >= 15 is 0 Å². The Balaban J connectivity index is 1.42. The smallest absolute Gasteiger partial charge is 0.393 e. The van der Waals surface area contributed by atoms with Crippen molar-refractivity contribution in [1.29, 1.82) is 10.8 Å². The van der Waals surface area contributed by atoms with Crippen LogP contribution in [0.5, 0.6) is 0 Å². The van der Waals surface area contributed by atoms with Crippen molar-refractivity contribution in [3.8, 4) is 0 Å². The van der Waals surface area contributed by atoms with Crippen molar-refractivity contribution in [3.05, 3.63) is 71.8 Å². The van der Waals surface area contributed by atoms with Crippen molar-refractivity contribution in [2.75, 3.05) is 13.1 Å². The number of amides is 4. The highest BCUT2D eigenvalue weighted by Gasteiger charge is 2.49. The number of nitrogens with two attached hydrogens (primary N) is 2. The number of carbonyl (C=O) groups excluding carboxylic acids is 4. The molecule has 2 aliphatic carbocycles. The summed E-state index contributed by atoms with van der Waals surface area (Å²) in [7, 11) is -0.337. The molecular weight excluding hydrogens is 703 g/mol. The van der Waals surface area contributed by atoms with Crippen LogP contribution in [0.3, 0.4) is 0 Å². The van der Waals surface area contributed by atoms with E-state index in [2.05, 4.69) is 31.9 Å². The Hall–Kier alpha value is -5.16. The minimum Gasteiger partial charge on any atom is -0.393 e. The first-order valence-corrected chi connectivity index (χ1v) is 19.2. The van der Waals surface area contributed by atoms with E-state index in [1.807, 2.05) is 60.7 Å². The van der Waals surface area contributed by atoms with Crippen LogP contribution in [0, 0.1) is 21.6 Å². The summed E-state index contributed by atoms with van der Waals surface area (Å²) in [5, 5.41) is 32.2. The van der Waals surface area contributed by atoms with Gasteiger partial charge < -0.3 is 52.7 Å². The summed E-state index contributed by atoms with van der Waals surface area (Å²) in [5.74, 6) is -1.92. The SMILES string of the molecule is N=C(N)NCCCC(NC(=O)C1(C(=O)NCc2ccccc2)CCCC1)OBOC(CCCNC(=N)N)NC(=O)C1(C(=O)NCc2ccccc2)CCCC1. The van der Waals surface area contributed by atoms with Crippen molar-refractivity contribution >= 4 is 43.2 Å². The van der Waals surface area contributed by atoms with Crippen LogP contribution in [0.1, 0.15) is 88.2 Å². The molecule has 4 rings (SSSR count). The summed E-state index contributed by atoms with van der Waals surface area (Å²) >= 11 is 0. The van der Waals surface area contributed by atoms with Crippen LogP contribution in [-0.2, 0) is 41.6 Å². The maximum atomic E-state index is 13.9. The molecule has 55 heavy (non-hydrogen) atoms. The van der Waals surface area contributed by atoms with Gasteiger partial charge in [0.15, 0.2) is 11.9 Å². The summed E-state index contributed by atoms with van der Waals surface area (Å²) < 4.78 is 12.2. The number of rotatable bonds is 22. The van der Waals surface area contributed by atoms with E-state index in [9.17, 15) is 19.2 Å². The molecule has 0 heterocycles. The van der Waals surface area contributed by atoms with Crippen LogP contribution >= 0.6 is 0 Å². The van der Waals surface area contributed by atoms with Gasteiger partial charge in [-0.05, 0) is 62.5 Å². The number of carbonyl (C=O) groups is 4. The van der Waals surface area contributed by atoms with Crippen LogP contribution in [0.15, 0.2) is 60.7 Å². The molecule has 2 aromatic rings. The predicted octanol–water partition coefficient (Wildman–Crippen LogP) is 1.45. The normalized spacial score (nSPS) is 16.5. The molecule has 298 valence electrons. The monoisotopic (exact) mass is 760 g/mol. The van der Waals surface area contributed by atoms with Crippen LogP contribution in [0.2, 0.25) is 0 Å². The van der Waals surface area contributed by atoms with E-state index in [-0.39, 0.29) is 31.4 Å². The van der Waals surface area contributed by atoms with Gasteiger partial charge in [0.25, 0.3) is 0 Å². The van der Waals surface area contributed by atoms with Crippen molar-refractivity contribution in [2.24, 2.45) is 22.3 Å². The predicted molar refractivity (Wildman–Crippen MR) is 210 cm³/mol. The highest BCUT2D eigenvalue weighted by Crippen LogP contribution is 2.40. The zero-order valence-electron chi connectivity index (χ0n) is 31.6. The van der Waals surface area contributed by atoms with Crippen molar-refractivity contribution in [1.82, 2.24) is 31.9 Å². The molecule has 0 aliphatic heterocycles. The summed E-state index contributed by atoms with van der Waals surface area (Å²) in [5.41, 5.74) is 10.2. The number of benzene rings is 2. The first-order valence-electron chi connectivity index (χ1n) is 19.2. The molecule has 2 saturated carbocycles. The van der Waals surface area contributed by atoms with Gasteiger partial charge in [-0.3, -0.25) is 30.0 Å². The molecule has 0 radical (unpaired) electrons.